The molecule has 0 spiro atoms. The summed E-state index contributed by atoms with van der Waals surface area (Å²) in [4.78, 5) is 13.1. The highest BCUT2D eigenvalue weighted by Gasteiger charge is 2.32. The summed E-state index contributed by atoms with van der Waals surface area (Å²) in [5.74, 6) is -2.89. The number of nitrogens with zero attached hydrogens (tertiary/aromatic N) is 2. The van der Waals surface area contributed by atoms with Gasteiger partial charge in [0.15, 0.2) is 10.9 Å². The highest BCUT2D eigenvalue weighted by atomic mass is 32.1. The van der Waals surface area contributed by atoms with Crippen molar-refractivity contribution in [3.8, 4) is 0 Å². The Morgan fingerprint density at radius 3 is 2.68 bits per heavy atom. The summed E-state index contributed by atoms with van der Waals surface area (Å²) in [6.45, 7) is 0.755. The van der Waals surface area contributed by atoms with Gasteiger partial charge in [-0.3, -0.25) is 5.41 Å². The van der Waals surface area contributed by atoms with Crippen LogP contribution in [0.25, 0.3) is 10.9 Å². The number of aromatic nitrogens is 1. The first-order valence-corrected chi connectivity index (χ1v) is 9.34. The lowest BCUT2D eigenvalue weighted by Gasteiger charge is -2.23. The molecule has 4 rings (SSSR count). The maximum atomic E-state index is 15.5. The third-order valence-corrected chi connectivity index (χ3v) is 5.37. The average Bonchev–Trinajstić information content (AvgIpc) is 3.36. The van der Waals surface area contributed by atoms with Crippen LogP contribution in [0, 0.1) is 17.0 Å². The number of hydrogen-bond acceptors (Lipinski definition) is 4. The first-order valence-electron chi connectivity index (χ1n) is 8.93. The van der Waals surface area contributed by atoms with E-state index < -0.39 is 23.0 Å². The minimum atomic E-state index is -1.29. The molecule has 1 aromatic carbocycles. The van der Waals surface area contributed by atoms with Gasteiger partial charge in [-0.05, 0) is 37.5 Å². The van der Waals surface area contributed by atoms with Gasteiger partial charge in [-0.2, -0.15) is 0 Å². The summed E-state index contributed by atoms with van der Waals surface area (Å²) < 4.78 is 32.0. The minimum Gasteiger partial charge on any atom is -0.478 e. The summed E-state index contributed by atoms with van der Waals surface area (Å²) in [5, 5.41) is 20.1. The van der Waals surface area contributed by atoms with Crippen molar-refractivity contribution < 1.29 is 18.7 Å². The van der Waals surface area contributed by atoms with Crippen LogP contribution in [0.3, 0.4) is 0 Å². The number of hydrogen-bond donors (Lipinski definition) is 4. The van der Waals surface area contributed by atoms with Crippen LogP contribution < -0.4 is 21.3 Å². The number of carboxylic acids is 1. The van der Waals surface area contributed by atoms with E-state index in [1.165, 1.54) is 10.8 Å². The molecule has 28 heavy (non-hydrogen) atoms. The Bertz CT molecular complexity index is 1070. The summed E-state index contributed by atoms with van der Waals surface area (Å²) >= 11 is 4.83. The lowest BCUT2D eigenvalue weighted by molar-refractivity contribution is 0.0694. The van der Waals surface area contributed by atoms with Gasteiger partial charge in [0.2, 0.25) is 0 Å². The van der Waals surface area contributed by atoms with Crippen LogP contribution in [-0.2, 0) is 0 Å². The van der Waals surface area contributed by atoms with E-state index >= 15 is 4.39 Å². The van der Waals surface area contributed by atoms with Crippen LogP contribution in [0.5, 0.6) is 0 Å². The van der Waals surface area contributed by atoms with Crippen LogP contribution in [0.1, 0.15) is 35.7 Å². The van der Waals surface area contributed by atoms with Gasteiger partial charge in [-0.25, -0.2) is 13.6 Å². The standard InChI is InChI=1S/C18H19F2N5O2S/c19-12-5-10-14(21)11(17(26)27)7-25(9-1-2-9)15(10)13(20)16(12)24-4-3-8(6-24)23-18(22)28/h5,7-9,21H,1-4,6H2,(H,26,27)(H3,22,23,28). The van der Waals surface area contributed by atoms with E-state index in [-0.39, 0.29) is 39.3 Å². The summed E-state index contributed by atoms with van der Waals surface area (Å²) in [7, 11) is 0. The number of thiocarbonyl (C=S) groups is 1. The Kier molecular flexibility index (Phi) is 4.45. The number of nitrogens with one attached hydrogen (secondary N) is 2. The Hall–Kier alpha value is -2.75. The van der Waals surface area contributed by atoms with Crippen molar-refractivity contribution in [2.24, 2.45) is 5.73 Å². The van der Waals surface area contributed by atoms with Crippen molar-refractivity contribution in [2.45, 2.75) is 31.3 Å². The maximum absolute atomic E-state index is 15.5. The van der Waals surface area contributed by atoms with Gasteiger partial charge in [0.25, 0.3) is 0 Å². The zero-order valence-electron chi connectivity index (χ0n) is 14.8. The summed E-state index contributed by atoms with van der Waals surface area (Å²) in [6.07, 6.45) is 3.48. The molecule has 1 aromatic heterocycles. The van der Waals surface area contributed by atoms with E-state index in [0.29, 0.717) is 19.5 Å². The van der Waals surface area contributed by atoms with Gasteiger partial charge >= 0.3 is 5.97 Å². The SMILES string of the molecule is N=c1c(C(=O)O)cn(C2CC2)c2c(F)c(N3CCC(NC(N)=S)C3)c(F)cc12. The molecule has 10 heteroatoms. The number of rotatable bonds is 4. The monoisotopic (exact) mass is 407 g/mol. The van der Waals surface area contributed by atoms with Crippen LogP contribution in [0.4, 0.5) is 14.5 Å². The molecule has 1 saturated carbocycles. The molecular weight excluding hydrogens is 388 g/mol. The number of aromatic carboxylic acids is 1. The van der Waals surface area contributed by atoms with E-state index in [9.17, 15) is 14.3 Å². The molecule has 0 bridgehead atoms. The lowest BCUT2D eigenvalue weighted by Crippen LogP contribution is -2.40. The van der Waals surface area contributed by atoms with E-state index in [1.807, 2.05) is 0 Å². The molecule has 1 aliphatic heterocycles. The highest BCUT2D eigenvalue weighted by molar-refractivity contribution is 7.80. The normalized spacial score (nSPS) is 19.2. The van der Waals surface area contributed by atoms with Crippen molar-refractivity contribution in [1.82, 2.24) is 9.88 Å². The van der Waals surface area contributed by atoms with Gasteiger partial charge in [-0.15, -0.1) is 0 Å². The van der Waals surface area contributed by atoms with Crippen LogP contribution in [0.2, 0.25) is 0 Å². The predicted molar refractivity (Wildman–Crippen MR) is 103 cm³/mol. The first kappa shape index (κ1) is 18.6. The molecule has 148 valence electrons. The average molecular weight is 407 g/mol. The van der Waals surface area contributed by atoms with Gasteiger partial charge in [0.1, 0.15) is 17.1 Å². The second-order valence-electron chi connectivity index (χ2n) is 7.22. The van der Waals surface area contributed by atoms with Crippen molar-refractivity contribution in [1.29, 1.82) is 5.41 Å². The Labute approximate surface area is 164 Å². The van der Waals surface area contributed by atoms with Gasteiger partial charge in [0.05, 0.1) is 10.9 Å². The number of nitrogens with two attached hydrogens (primary N) is 1. The zero-order chi connectivity index (χ0) is 20.2. The molecule has 2 heterocycles. The lowest BCUT2D eigenvalue weighted by atomic mass is 10.1. The van der Waals surface area contributed by atoms with Crippen LogP contribution in [-0.4, -0.2) is 39.9 Å². The number of halogens is 2. The minimum absolute atomic E-state index is 0.0393. The molecule has 7 nitrogen and oxygen atoms in total. The summed E-state index contributed by atoms with van der Waals surface area (Å²) in [5.41, 5.74) is 5.12. The smallest absolute Gasteiger partial charge is 0.339 e. The number of anilines is 1. The van der Waals surface area contributed by atoms with Crippen LogP contribution in [0.15, 0.2) is 12.3 Å². The van der Waals surface area contributed by atoms with Crippen molar-refractivity contribution >= 4 is 39.9 Å². The Balaban J connectivity index is 1.87. The molecular formula is C18H19F2N5O2S. The molecule has 1 atom stereocenters. The number of pyridine rings is 1. The van der Waals surface area contributed by atoms with Gasteiger partial charge in [-0.1, -0.05) is 0 Å². The fraction of sp³-hybridized carbons (Fsp3) is 0.389. The third-order valence-electron chi connectivity index (χ3n) is 5.25. The zero-order valence-corrected chi connectivity index (χ0v) is 15.7. The number of carbonyl (C=O) groups is 1. The molecule has 2 aliphatic rings. The fourth-order valence-corrected chi connectivity index (χ4v) is 4.00. The molecule has 1 unspecified atom stereocenters. The largest absolute Gasteiger partial charge is 0.478 e. The maximum Gasteiger partial charge on any atom is 0.339 e. The van der Waals surface area contributed by atoms with Crippen molar-refractivity contribution in [3.05, 3.63) is 34.8 Å². The predicted octanol–water partition coefficient (Wildman–Crippen LogP) is 1.84. The molecule has 2 fully saturated rings. The third kappa shape index (κ3) is 3.07. The van der Waals surface area contributed by atoms with E-state index in [0.717, 1.165) is 18.9 Å². The molecule has 1 saturated heterocycles. The molecule has 1 aliphatic carbocycles. The highest BCUT2D eigenvalue weighted by Crippen LogP contribution is 2.40. The number of benzene rings is 1. The topological polar surface area (TPSA) is 107 Å². The van der Waals surface area contributed by atoms with E-state index in [4.69, 9.17) is 23.4 Å². The molecule has 2 aromatic rings. The van der Waals surface area contributed by atoms with Gasteiger partial charge in [0, 0.05) is 36.8 Å². The second kappa shape index (κ2) is 6.69. The fourth-order valence-electron chi connectivity index (χ4n) is 3.83. The Morgan fingerprint density at radius 2 is 2.07 bits per heavy atom. The van der Waals surface area contributed by atoms with Crippen LogP contribution >= 0.6 is 12.2 Å². The number of carboxylic acid groups (broad SMARTS) is 1. The Morgan fingerprint density at radius 1 is 1.36 bits per heavy atom. The quantitative estimate of drug-likeness (QED) is 0.576. The second-order valence-corrected chi connectivity index (χ2v) is 7.66. The molecule has 0 amide bonds. The molecule has 5 N–H and O–H groups in total. The first-order chi connectivity index (χ1) is 13.3. The van der Waals surface area contributed by atoms with E-state index in [2.05, 4.69) is 5.32 Å². The van der Waals surface area contributed by atoms with Crippen molar-refractivity contribution in [3.63, 3.8) is 0 Å². The summed E-state index contributed by atoms with van der Waals surface area (Å²) in [6, 6.07) is 0.913. The molecule has 0 radical (unpaired) electrons. The van der Waals surface area contributed by atoms with E-state index in [1.54, 1.807) is 4.90 Å². The number of fused-ring (bicyclic) bond motifs is 1. The van der Waals surface area contributed by atoms with Gasteiger partial charge < -0.3 is 25.6 Å². The van der Waals surface area contributed by atoms with Crippen molar-refractivity contribution in [2.75, 3.05) is 18.0 Å².